The lowest BCUT2D eigenvalue weighted by Crippen LogP contribution is -3.08. The summed E-state index contributed by atoms with van der Waals surface area (Å²) in [7, 11) is -9.29. The molecule has 0 aliphatic carbocycles. The van der Waals surface area contributed by atoms with Crippen molar-refractivity contribution in [2.45, 2.75) is 156 Å². The van der Waals surface area contributed by atoms with E-state index in [1.165, 1.54) is 0 Å². The van der Waals surface area contributed by atoms with Crippen LogP contribution in [0.4, 0.5) is 0 Å². The maximum absolute atomic E-state index is 2.99. The Bertz CT molecular complexity index is 584. The first-order valence-electron chi connectivity index (χ1n) is 12.5. The second-order valence-electron chi connectivity index (χ2n) is 17.0. The summed E-state index contributed by atoms with van der Waals surface area (Å²) in [6.07, 6.45) is 0. The van der Waals surface area contributed by atoms with Crippen LogP contribution in [0.5, 0.6) is 0 Å². The van der Waals surface area contributed by atoms with Gasteiger partial charge in [0.25, 0.3) is 0 Å². The Morgan fingerprint density at radius 3 is 0.500 bits per heavy atom. The lowest BCUT2D eigenvalue weighted by atomic mass is 10.2. The molecule has 0 aromatic rings. The van der Waals surface area contributed by atoms with Crippen LogP contribution in [0.3, 0.4) is 0 Å². The molecule has 0 amide bonds. The molecular formula is C24H60Si6. The molecule has 1 aliphatic rings. The highest BCUT2D eigenvalue weighted by molar-refractivity contribution is 8.14. The first kappa shape index (κ1) is 29.3. The van der Waals surface area contributed by atoms with Crippen molar-refractivity contribution < 1.29 is 0 Å². The van der Waals surface area contributed by atoms with Crippen molar-refractivity contribution in [3.63, 3.8) is 0 Å². The van der Waals surface area contributed by atoms with E-state index in [4.69, 9.17) is 0 Å². The molecule has 0 nitrogen and oxygen atoms in total. The van der Waals surface area contributed by atoms with Crippen molar-refractivity contribution >= 4 is 42.7 Å². The second kappa shape index (κ2) is 6.92. The Labute approximate surface area is 197 Å². The molecule has 0 aromatic heterocycles. The van der Waals surface area contributed by atoms with Crippen LogP contribution in [0.25, 0.3) is 0 Å². The van der Waals surface area contributed by atoms with Gasteiger partial charge < -0.3 is 0 Å². The van der Waals surface area contributed by atoms with Crippen LogP contribution in [-0.4, -0.2) is 42.7 Å². The molecule has 1 fully saturated rings. The molecule has 0 radical (unpaired) electrons. The Kier molecular flexibility index (Phi) is 6.77. The third-order valence-electron chi connectivity index (χ3n) is 11.6. The van der Waals surface area contributed by atoms with Gasteiger partial charge in [-0.15, -0.1) is 0 Å². The van der Waals surface area contributed by atoms with Crippen LogP contribution in [0.2, 0.25) is 72.5 Å². The minimum atomic E-state index is -1.79. The summed E-state index contributed by atoms with van der Waals surface area (Å²) < 4.78 is 0. The lowest BCUT2D eigenvalue weighted by molar-refractivity contribution is 0.603. The van der Waals surface area contributed by atoms with Crippen LogP contribution in [0.1, 0.15) is 83.1 Å². The van der Waals surface area contributed by atoms with Crippen molar-refractivity contribution in [3.8, 4) is 0 Å². The highest BCUT2D eigenvalue weighted by Crippen LogP contribution is 2.75. The minimum absolute atomic E-state index is 0.465. The van der Waals surface area contributed by atoms with Gasteiger partial charge in [0, 0.05) is 42.7 Å². The molecular weight excluding hydrogens is 457 g/mol. The predicted molar refractivity (Wildman–Crippen MR) is 160 cm³/mol. The van der Waals surface area contributed by atoms with Crippen LogP contribution in [0.15, 0.2) is 0 Å². The van der Waals surface area contributed by atoms with Gasteiger partial charge in [-0.05, 0) is 20.2 Å². The summed E-state index contributed by atoms with van der Waals surface area (Å²) >= 11 is 0. The number of rotatable bonds is 0. The zero-order chi connectivity index (χ0) is 25.0. The maximum atomic E-state index is 2.99. The van der Waals surface area contributed by atoms with Crippen molar-refractivity contribution in [3.05, 3.63) is 0 Å². The smallest absolute Gasteiger partial charge is 0.0494 e. The SMILES string of the molecule is CC(C)(C)[Si]1(C(C)(C)C)[Si](C)(C)[Si](C)(C)[Si](C)(C)[Si](C)(C)[Si]1(C(C)(C)C)C(C)(C)C. The standard InChI is InChI=1S/C24H60Si6/c1-21(2,3)29(22(4,5)6)27(17,18)25(13,14)26(15,16)28(19,20)30(29,23(7,8)9)24(10,11)12/h1-20H3. The van der Waals surface area contributed by atoms with Gasteiger partial charge in [-0.25, -0.2) is 0 Å². The molecule has 1 rings (SSSR count). The third kappa shape index (κ3) is 2.82. The Hall–Kier alpha value is 1.30. The largest absolute Gasteiger partial charge is 0.0735 e. The molecule has 1 saturated heterocycles. The van der Waals surface area contributed by atoms with E-state index in [1.807, 2.05) is 0 Å². The zero-order valence-electron chi connectivity index (χ0n) is 25.0. The minimum Gasteiger partial charge on any atom is -0.0735 e. The van der Waals surface area contributed by atoms with Gasteiger partial charge in [0.15, 0.2) is 0 Å². The molecule has 0 saturated carbocycles. The lowest BCUT2D eigenvalue weighted by Gasteiger charge is -2.86. The fourth-order valence-corrected chi connectivity index (χ4v) is 289. The summed E-state index contributed by atoms with van der Waals surface area (Å²) in [5, 5.41) is 1.86. The molecule has 0 spiro atoms. The van der Waals surface area contributed by atoms with E-state index in [-0.39, 0.29) is 0 Å². The number of hydrogen-bond donors (Lipinski definition) is 0. The van der Waals surface area contributed by atoms with Crippen molar-refractivity contribution in [2.24, 2.45) is 0 Å². The molecule has 0 unspecified atom stereocenters. The molecule has 30 heavy (non-hydrogen) atoms. The molecule has 6 heteroatoms. The summed E-state index contributed by atoms with van der Waals surface area (Å²) in [4.78, 5) is 0. The third-order valence-corrected chi connectivity index (χ3v) is 168. The summed E-state index contributed by atoms with van der Waals surface area (Å²) in [6.45, 7) is 56.6. The van der Waals surface area contributed by atoms with E-state index in [1.54, 1.807) is 0 Å². The average Bonchev–Trinajstić information content (AvgIpc) is 2.35. The normalized spacial score (nSPS) is 27.6. The first-order chi connectivity index (χ1) is 12.5. The van der Waals surface area contributed by atoms with Gasteiger partial charge in [-0.2, -0.15) is 0 Å². The molecule has 1 aliphatic heterocycles. The second-order valence-corrected chi connectivity index (χ2v) is 87.0. The van der Waals surface area contributed by atoms with Crippen LogP contribution in [0, 0.1) is 0 Å². The highest BCUT2D eigenvalue weighted by Gasteiger charge is 2.89. The topological polar surface area (TPSA) is 0 Å². The maximum Gasteiger partial charge on any atom is 0.0494 e. The Morgan fingerprint density at radius 2 is 0.400 bits per heavy atom. The highest BCUT2D eigenvalue weighted by atomic mass is 30.2. The molecule has 0 aromatic carbocycles. The fraction of sp³-hybridized carbons (Fsp3) is 1.00. The van der Waals surface area contributed by atoms with Crippen molar-refractivity contribution in [1.29, 1.82) is 0 Å². The molecule has 180 valence electrons. The molecule has 1 heterocycles. The quantitative estimate of drug-likeness (QED) is 0.281. The van der Waals surface area contributed by atoms with Crippen molar-refractivity contribution in [1.82, 2.24) is 0 Å². The van der Waals surface area contributed by atoms with Gasteiger partial charge in [-0.1, -0.05) is 135 Å². The summed E-state index contributed by atoms with van der Waals surface area (Å²) in [5.74, 6) is 0. The van der Waals surface area contributed by atoms with E-state index in [0.29, 0.717) is 20.2 Å². The van der Waals surface area contributed by atoms with E-state index in [9.17, 15) is 0 Å². The Balaban J connectivity index is 4.82. The predicted octanol–water partition coefficient (Wildman–Crippen LogP) is 9.40. The van der Waals surface area contributed by atoms with Gasteiger partial charge >= 0.3 is 0 Å². The summed E-state index contributed by atoms with van der Waals surface area (Å²) in [6, 6.07) is 0. The van der Waals surface area contributed by atoms with Crippen LogP contribution >= 0.6 is 0 Å². The molecule has 0 bridgehead atoms. The van der Waals surface area contributed by atoms with Gasteiger partial charge in [0.1, 0.15) is 0 Å². The van der Waals surface area contributed by atoms with Gasteiger partial charge in [0.05, 0.1) is 0 Å². The van der Waals surface area contributed by atoms with Crippen molar-refractivity contribution in [2.75, 3.05) is 0 Å². The van der Waals surface area contributed by atoms with Crippen LogP contribution < -0.4 is 0 Å². The van der Waals surface area contributed by atoms with E-state index >= 15 is 0 Å². The number of hydrogen-bond acceptors (Lipinski definition) is 0. The van der Waals surface area contributed by atoms with E-state index < -0.39 is 42.7 Å². The van der Waals surface area contributed by atoms with E-state index in [2.05, 4.69) is 135 Å². The average molecular weight is 517 g/mol. The Morgan fingerprint density at radius 1 is 0.267 bits per heavy atom. The van der Waals surface area contributed by atoms with Gasteiger partial charge in [0.2, 0.25) is 0 Å². The fourth-order valence-electron chi connectivity index (χ4n) is 11.7. The zero-order valence-corrected chi connectivity index (χ0v) is 31.0. The van der Waals surface area contributed by atoms with E-state index in [0.717, 1.165) is 0 Å². The molecule has 0 atom stereocenters. The first-order valence-corrected chi connectivity index (χ1v) is 34.5. The monoisotopic (exact) mass is 516 g/mol. The van der Waals surface area contributed by atoms with Gasteiger partial charge in [-0.3, -0.25) is 0 Å². The van der Waals surface area contributed by atoms with Crippen LogP contribution in [-0.2, 0) is 0 Å². The molecule has 0 N–H and O–H groups in total. The summed E-state index contributed by atoms with van der Waals surface area (Å²) in [5.41, 5.74) is 0.